The molecule has 5 nitrogen and oxygen atoms in total. The summed E-state index contributed by atoms with van der Waals surface area (Å²) in [4.78, 5) is 11.1. The molecule has 0 unspecified atom stereocenters. The number of anilines is 1. The Labute approximate surface area is 115 Å². The van der Waals surface area contributed by atoms with Crippen LogP contribution < -0.4 is 10.2 Å². The Morgan fingerprint density at radius 1 is 1.32 bits per heavy atom. The number of hydrogen-bond acceptors (Lipinski definition) is 5. The molecule has 0 aliphatic heterocycles. The third kappa shape index (κ3) is 3.88. The minimum atomic E-state index is 0.152. The van der Waals surface area contributed by atoms with Crippen molar-refractivity contribution in [3.8, 4) is 0 Å². The lowest BCUT2D eigenvalue weighted by Gasteiger charge is -2.28. The molecule has 106 valence electrons. The van der Waals surface area contributed by atoms with Crippen molar-refractivity contribution in [1.82, 2.24) is 15.3 Å². The van der Waals surface area contributed by atoms with Crippen LogP contribution in [0.2, 0.25) is 0 Å². The Bertz CT molecular complexity index is 362. The zero-order valence-corrected chi connectivity index (χ0v) is 11.7. The van der Waals surface area contributed by atoms with E-state index in [1.54, 1.807) is 0 Å². The molecule has 1 saturated carbocycles. The van der Waals surface area contributed by atoms with Crippen molar-refractivity contribution in [2.24, 2.45) is 0 Å². The van der Waals surface area contributed by atoms with Gasteiger partial charge in [0.1, 0.15) is 0 Å². The maximum absolute atomic E-state index is 9.22. The minimum Gasteiger partial charge on any atom is -0.395 e. The van der Waals surface area contributed by atoms with Gasteiger partial charge in [-0.3, -0.25) is 0 Å². The van der Waals surface area contributed by atoms with Crippen LogP contribution in [0.1, 0.15) is 38.2 Å². The molecule has 1 aromatic rings. The van der Waals surface area contributed by atoms with Gasteiger partial charge in [-0.2, -0.15) is 0 Å². The van der Waals surface area contributed by atoms with Gasteiger partial charge >= 0.3 is 0 Å². The summed E-state index contributed by atoms with van der Waals surface area (Å²) in [5, 5.41) is 12.5. The summed E-state index contributed by atoms with van der Waals surface area (Å²) in [6, 6.07) is 0.492. The highest BCUT2D eigenvalue weighted by molar-refractivity contribution is 5.32. The Balaban J connectivity index is 2.03. The first-order chi connectivity index (χ1) is 9.35. The summed E-state index contributed by atoms with van der Waals surface area (Å²) >= 11 is 0. The number of aliphatic hydroxyl groups is 1. The Kier molecular flexibility index (Phi) is 5.54. The third-order valence-electron chi connectivity index (χ3n) is 3.63. The van der Waals surface area contributed by atoms with E-state index >= 15 is 0 Å². The molecular weight excluding hydrogens is 240 g/mol. The van der Waals surface area contributed by atoms with E-state index in [0.29, 0.717) is 12.6 Å². The van der Waals surface area contributed by atoms with Gasteiger partial charge in [0.15, 0.2) is 0 Å². The molecule has 0 saturated heterocycles. The molecule has 2 rings (SSSR count). The molecule has 5 heteroatoms. The van der Waals surface area contributed by atoms with Crippen LogP contribution in [-0.2, 0) is 6.54 Å². The lowest BCUT2D eigenvalue weighted by Crippen LogP contribution is -2.37. The Morgan fingerprint density at radius 2 is 2.00 bits per heavy atom. The van der Waals surface area contributed by atoms with Crippen LogP contribution in [0.15, 0.2) is 12.4 Å². The van der Waals surface area contributed by atoms with E-state index in [2.05, 4.69) is 27.1 Å². The predicted molar refractivity (Wildman–Crippen MR) is 76.1 cm³/mol. The van der Waals surface area contributed by atoms with E-state index in [0.717, 1.165) is 24.6 Å². The van der Waals surface area contributed by atoms with Gasteiger partial charge in [0.2, 0.25) is 5.95 Å². The Hall–Kier alpha value is -1.20. The van der Waals surface area contributed by atoms with Crippen LogP contribution in [0, 0.1) is 0 Å². The van der Waals surface area contributed by atoms with Gasteiger partial charge in [0, 0.05) is 37.1 Å². The molecule has 2 N–H and O–H groups in total. The number of aliphatic hydroxyl groups excluding tert-OH is 1. The fourth-order valence-electron chi connectivity index (χ4n) is 2.63. The highest BCUT2D eigenvalue weighted by atomic mass is 16.3. The van der Waals surface area contributed by atoms with Crippen molar-refractivity contribution in [1.29, 1.82) is 0 Å². The van der Waals surface area contributed by atoms with Crippen LogP contribution in [0.3, 0.4) is 0 Å². The fourth-order valence-corrected chi connectivity index (χ4v) is 2.63. The van der Waals surface area contributed by atoms with Gasteiger partial charge in [-0.25, -0.2) is 9.97 Å². The Morgan fingerprint density at radius 3 is 2.58 bits per heavy atom. The summed E-state index contributed by atoms with van der Waals surface area (Å²) in [6.45, 7) is 4.61. The van der Waals surface area contributed by atoms with E-state index in [1.165, 1.54) is 25.7 Å². The van der Waals surface area contributed by atoms with Gasteiger partial charge in [0.25, 0.3) is 0 Å². The zero-order chi connectivity index (χ0) is 13.5. The summed E-state index contributed by atoms with van der Waals surface area (Å²) < 4.78 is 0. The second-order valence-corrected chi connectivity index (χ2v) is 5.03. The van der Waals surface area contributed by atoms with Gasteiger partial charge in [0.05, 0.1) is 6.61 Å². The molecular formula is C14H24N4O. The normalized spacial score (nSPS) is 15.9. The number of aromatic nitrogens is 2. The van der Waals surface area contributed by atoms with E-state index in [-0.39, 0.29) is 6.61 Å². The zero-order valence-electron chi connectivity index (χ0n) is 11.7. The molecule has 1 heterocycles. The molecule has 19 heavy (non-hydrogen) atoms. The van der Waals surface area contributed by atoms with Crippen LogP contribution in [0.5, 0.6) is 0 Å². The number of hydrogen-bond donors (Lipinski definition) is 2. The summed E-state index contributed by atoms with van der Waals surface area (Å²) in [5.74, 6) is 0.751. The second kappa shape index (κ2) is 7.40. The molecule has 0 spiro atoms. The predicted octanol–water partition coefficient (Wildman–Crippen LogP) is 1.33. The summed E-state index contributed by atoms with van der Waals surface area (Å²) in [5.41, 5.74) is 1.10. The number of nitrogens with zero attached hydrogens (tertiary/aromatic N) is 3. The van der Waals surface area contributed by atoms with E-state index < -0.39 is 0 Å². The summed E-state index contributed by atoms with van der Waals surface area (Å²) in [6.07, 6.45) is 8.66. The lowest BCUT2D eigenvalue weighted by atomic mass is 10.2. The molecule has 0 radical (unpaired) electrons. The molecule has 1 aliphatic carbocycles. The van der Waals surface area contributed by atoms with Gasteiger partial charge in [-0.1, -0.05) is 19.8 Å². The van der Waals surface area contributed by atoms with E-state index in [4.69, 9.17) is 0 Å². The monoisotopic (exact) mass is 264 g/mol. The standard InChI is InChI=1S/C14H24N4O/c1-2-15-9-12-10-16-14(17-11-12)18(7-8-19)13-5-3-4-6-13/h10-11,13,15,19H,2-9H2,1H3. The number of nitrogens with one attached hydrogen (secondary N) is 1. The van der Waals surface area contributed by atoms with Crippen LogP contribution in [0.4, 0.5) is 5.95 Å². The van der Waals surface area contributed by atoms with E-state index in [1.807, 2.05) is 12.4 Å². The third-order valence-corrected chi connectivity index (χ3v) is 3.63. The quantitative estimate of drug-likeness (QED) is 0.778. The first-order valence-electron chi connectivity index (χ1n) is 7.24. The average molecular weight is 264 g/mol. The van der Waals surface area contributed by atoms with Crippen LogP contribution >= 0.6 is 0 Å². The molecule has 1 aliphatic rings. The van der Waals surface area contributed by atoms with Gasteiger partial charge < -0.3 is 15.3 Å². The highest BCUT2D eigenvalue weighted by Gasteiger charge is 2.24. The molecule has 0 aromatic carbocycles. The topological polar surface area (TPSA) is 61.3 Å². The van der Waals surface area contributed by atoms with Crippen molar-refractivity contribution in [2.45, 2.75) is 45.2 Å². The maximum Gasteiger partial charge on any atom is 0.225 e. The number of rotatable bonds is 7. The van der Waals surface area contributed by atoms with Gasteiger partial charge in [-0.05, 0) is 19.4 Å². The van der Waals surface area contributed by atoms with Crippen LogP contribution in [0.25, 0.3) is 0 Å². The largest absolute Gasteiger partial charge is 0.395 e. The fraction of sp³-hybridized carbons (Fsp3) is 0.714. The molecule has 1 aromatic heterocycles. The molecule has 0 atom stereocenters. The first kappa shape index (κ1) is 14.2. The second-order valence-electron chi connectivity index (χ2n) is 5.03. The summed E-state index contributed by atoms with van der Waals surface area (Å²) in [7, 11) is 0. The SMILES string of the molecule is CCNCc1cnc(N(CCO)C2CCCC2)nc1. The van der Waals surface area contributed by atoms with Crippen molar-refractivity contribution < 1.29 is 5.11 Å². The lowest BCUT2D eigenvalue weighted by molar-refractivity contribution is 0.296. The van der Waals surface area contributed by atoms with Crippen molar-refractivity contribution in [3.63, 3.8) is 0 Å². The van der Waals surface area contributed by atoms with Crippen molar-refractivity contribution in [3.05, 3.63) is 18.0 Å². The minimum absolute atomic E-state index is 0.152. The average Bonchev–Trinajstić information content (AvgIpc) is 2.97. The van der Waals surface area contributed by atoms with Crippen LogP contribution in [-0.4, -0.2) is 40.8 Å². The first-order valence-corrected chi connectivity index (χ1v) is 7.24. The smallest absolute Gasteiger partial charge is 0.225 e. The molecule has 0 amide bonds. The molecule has 1 fully saturated rings. The van der Waals surface area contributed by atoms with Crippen molar-refractivity contribution in [2.75, 3.05) is 24.6 Å². The van der Waals surface area contributed by atoms with Gasteiger partial charge in [-0.15, -0.1) is 0 Å². The molecule has 0 bridgehead atoms. The van der Waals surface area contributed by atoms with E-state index in [9.17, 15) is 5.11 Å². The van der Waals surface area contributed by atoms with Crippen molar-refractivity contribution >= 4 is 5.95 Å². The maximum atomic E-state index is 9.22. The highest BCUT2D eigenvalue weighted by Crippen LogP contribution is 2.25.